The van der Waals surface area contributed by atoms with Gasteiger partial charge in [-0.2, -0.15) is 5.10 Å². The van der Waals surface area contributed by atoms with Crippen LogP contribution >= 0.6 is 15.9 Å². The van der Waals surface area contributed by atoms with Gasteiger partial charge in [-0.15, -0.1) is 0 Å². The van der Waals surface area contributed by atoms with Gasteiger partial charge in [0.1, 0.15) is 6.04 Å². The van der Waals surface area contributed by atoms with E-state index >= 15 is 0 Å². The zero-order valence-electron chi connectivity index (χ0n) is 14.5. The molecule has 7 nitrogen and oxygen atoms in total. The van der Waals surface area contributed by atoms with Crippen LogP contribution in [0.5, 0.6) is 0 Å². The third kappa shape index (κ3) is 4.40. The van der Waals surface area contributed by atoms with Crippen molar-refractivity contribution in [3.05, 3.63) is 80.9 Å². The Labute approximate surface area is 164 Å². The molecule has 0 aliphatic carbocycles. The summed E-state index contributed by atoms with van der Waals surface area (Å²) < 4.78 is 2.53. The highest BCUT2D eigenvalue weighted by molar-refractivity contribution is 9.10. The van der Waals surface area contributed by atoms with Crippen LogP contribution in [-0.4, -0.2) is 27.7 Å². The number of non-ortho nitro benzene ring substituents is 1. The van der Waals surface area contributed by atoms with Crippen molar-refractivity contribution in [2.75, 3.05) is 7.05 Å². The molecule has 3 rings (SSSR count). The number of rotatable bonds is 6. The monoisotopic (exact) mass is 428 g/mol. The molecule has 0 saturated carbocycles. The van der Waals surface area contributed by atoms with Gasteiger partial charge in [-0.05, 0) is 23.8 Å². The maximum atomic E-state index is 12.4. The van der Waals surface area contributed by atoms with Crippen LogP contribution in [0.25, 0.3) is 11.3 Å². The molecule has 1 aromatic heterocycles. The number of halogens is 1. The smallest absolute Gasteiger partial charge is 0.270 e. The van der Waals surface area contributed by atoms with Crippen molar-refractivity contribution in [3.63, 3.8) is 0 Å². The van der Waals surface area contributed by atoms with Crippen molar-refractivity contribution in [1.82, 2.24) is 15.1 Å². The molecule has 8 heteroatoms. The highest BCUT2D eigenvalue weighted by Gasteiger charge is 2.21. The maximum Gasteiger partial charge on any atom is 0.270 e. The van der Waals surface area contributed by atoms with Crippen LogP contribution in [0.2, 0.25) is 0 Å². The first-order chi connectivity index (χ1) is 13.0. The molecule has 0 saturated heterocycles. The Hall–Kier alpha value is -3.00. The van der Waals surface area contributed by atoms with Crippen molar-refractivity contribution in [1.29, 1.82) is 0 Å². The van der Waals surface area contributed by atoms with E-state index in [1.165, 1.54) is 12.1 Å². The fourth-order valence-corrected chi connectivity index (χ4v) is 3.25. The fraction of sp³-hybridized carbons (Fsp3) is 0.158. The molecule has 0 aliphatic rings. The Bertz CT molecular complexity index is 986. The average Bonchev–Trinajstić information content (AvgIpc) is 3.15. The molecule has 1 heterocycles. The van der Waals surface area contributed by atoms with E-state index < -0.39 is 11.0 Å². The van der Waals surface area contributed by atoms with Gasteiger partial charge in [-0.25, -0.2) is 0 Å². The van der Waals surface area contributed by atoms with E-state index in [1.807, 2.05) is 24.3 Å². The summed E-state index contributed by atoms with van der Waals surface area (Å²) in [6, 6.07) is 15.2. The van der Waals surface area contributed by atoms with Gasteiger partial charge in [0.25, 0.3) is 5.69 Å². The van der Waals surface area contributed by atoms with Crippen LogP contribution in [-0.2, 0) is 11.2 Å². The minimum absolute atomic E-state index is 0.000892. The predicted octanol–water partition coefficient (Wildman–Crippen LogP) is 3.75. The van der Waals surface area contributed by atoms with E-state index in [-0.39, 0.29) is 11.6 Å². The van der Waals surface area contributed by atoms with E-state index in [2.05, 4.69) is 26.3 Å². The van der Waals surface area contributed by atoms with Crippen molar-refractivity contribution in [3.8, 4) is 11.3 Å². The number of hydrogen-bond acceptors (Lipinski definition) is 4. The zero-order chi connectivity index (χ0) is 19.4. The van der Waals surface area contributed by atoms with Gasteiger partial charge in [0.05, 0.1) is 10.6 Å². The van der Waals surface area contributed by atoms with Gasteiger partial charge in [0.2, 0.25) is 5.91 Å². The number of nitro groups is 1. The molecule has 1 amide bonds. The Morgan fingerprint density at radius 3 is 2.74 bits per heavy atom. The Morgan fingerprint density at radius 2 is 2.04 bits per heavy atom. The molecule has 2 aromatic carbocycles. The highest BCUT2D eigenvalue weighted by Crippen LogP contribution is 2.24. The lowest BCUT2D eigenvalue weighted by Gasteiger charge is -2.16. The third-order valence-electron chi connectivity index (χ3n) is 4.15. The highest BCUT2D eigenvalue weighted by atomic mass is 79.9. The van der Waals surface area contributed by atoms with Crippen molar-refractivity contribution < 1.29 is 9.72 Å². The van der Waals surface area contributed by atoms with E-state index in [9.17, 15) is 14.9 Å². The molecule has 0 bridgehead atoms. The number of hydrogen-bond donors (Lipinski definition) is 1. The number of carbonyl (C=O) groups is 1. The van der Waals surface area contributed by atoms with Crippen molar-refractivity contribution >= 4 is 27.5 Å². The van der Waals surface area contributed by atoms with E-state index in [0.717, 1.165) is 10.0 Å². The molecule has 1 N–H and O–H groups in total. The van der Waals surface area contributed by atoms with Gasteiger partial charge < -0.3 is 5.32 Å². The van der Waals surface area contributed by atoms with Crippen LogP contribution in [0.15, 0.2) is 65.3 Å². The number of likely N-dealkylation sites (N-methyl/N-ethyl adjacent to an activating group) is 1. The molecule has 138 valence electrons. The van der Waals surface area contributed by atoms with Gasteiger partial charge >= 0.3 is 0 Å². The second kappa shape index (κ2) is 8.13. The summed E-state index contributed by atoms with van der Waals surface area (Å²) >= 11 is 3.44. The number of nitro benzene ring substituents is 1. The SMILES string of the molecule is CNC(=O)C(Cc1cccc(Br)c1)n1ccc(-c2cccc([N+](=O)[O-])c2)n1. The number of nitrogens with one attached hydrogen (secondary N) is 1. The normalized spacial score (nSPS) is 11.8. The molecular weight excluding hydrogens is 412 g/mol. The first-order valence-electron chi connectivity index (χ1n) is 8.24. The lowest BCUT2D eigenvalue weighted by molar-refractivity contribution is -0.384. The van der Waals surface area contributed by atoms with Gasteiger partial charge in [-0.1, -0.05) is 40.2 Å². The third-order valence-corrected chi connectivity index (χ3v) is 4.64. The van der Waals surface area contributed by atoms with Gasteiger partial charge in [0.15, 0.2) is 0 Å². The lowest BCUT2D eigenvalue weighted by Crippen LogP contribution is -2.31. The van der Waals surface area contributed by atoms with E-state index in [4.69, 9.17) is 0 Å². The average molecular weight is 429 g/mol. The van der Waals surface area contributed by atoms with Gasteiger partial charge in [0, 0.05) is 41.8 Å². The van der Waals surface area contributed by atoms with Crippen LogP contribution in [0.4, 0.5) is 5.69 Å². The molecule has 1 unspecified atom stereocenters. The lowest BCUT2D eigenvalue weighted by atomic mass is 10.1. The van der Waals surface area contributed by atoms with Crippen molar-refractivity contribution in [2.24, 2.45) is 0 Å². The number of benzene rings is 2. The summed E-state index contributed by atoms with van der Waals surface area (Å²) in [6.45, 7) is 0. The molecule has 0 fully saturated rings. The Kier molecular flexibility index (Phi) is 5.66. The quantitative estimate of drug-likeness (QED) is 0.478. The number of nitrogens with zero attached hydrogens (tertiary/aromatic N) is 3. The molecule has 0 spiro atoms. The van der Waals surface area contributed by atoms with Crippen LogP contribution in [0.1, 0.15) is 11.6 Å². The van der Waals surface area contributed by atoms with Gasteiger partial charge in [-0.3, -0.25) is 19.6 Å². The van der Waals surface area contributed by atoms with Crippen molar-refractivity contribution in [2.45, 2.75) is 12.5 Å². The standard InChI is InChI=1S/C19H17BrN4O3/c1-21-19(25)18(11-13-4-2-6-15(20)10-13)23-9-8-17(22-23)14-5-3-7-16(12-14)24(26)27/h2-10,12,18H,11H2,1H3,(H,21,25). The Morgan fingerprint density at radius 1 is 1.26 bits per heavy atom. The van der Waals surface area contributed by atoms with E-state index in [1.54, 1.807) is 36.1 Å². The second-order valence-electron chi connectivity index (χ2n) is 5.95. The number of amides is 1. The fourth-order valence-electron chi connectivity index (χ4n) is 2.80. The zero-order valence-corrected chi connectivity index (χ0v) is 16.1. The summed E-state index contributed by atoms with van der Waals surface area (Å²) in [5.74, 6) is -0.163. The maximum absolute atomic E-state index is 12.4. The van der Waals surface area contributed by atoms with E-state index in [0.29, 0.717) is 17.7 Å². The molecule has 27 heavy (non-hydrogen) atoms. The number of aromatic nitrogens is 2. The predicted molar refractivity (Wildman–Crippen MR) is 105 cm³/mol. The first kappa shape index (κ1) is 18.8. The first-order valence-corrected chi connectivity index (χ1v) is 9.03. The molecule has 1 atom stereocenters. The summed E-state index contributed by atoms with van der Waals surface area (Å²) in [5.41, 5.74) is 2.19. The largest absolute Gasteiger partial charge is 0.357 e. The molecule has 0 radical (unpaired) electrons. The minimum Gasteiger partial charge on any atom is -0.357 e. The summed E-state index contributed by atoms with van der Waals surface area (Å²) in [5, 5.41) is 18.1. The minimum atomic E-state index is -0.531. The van der Waals surface area contributed by atoms with Crippen LogP contribution in [0, 0.1) is 10.1 Å². The second-order valence-corrected chi connectivity index (χ2v) is 6.87. The van der Waals surface area contributed by atoms with Crippen LogP contribution in [0.3, 0.4) is 0 Å². The number of carbonyl (C=O) groups excluding carboxylic acids is 1. The summed E-state index contributed by atoms with van der Waals surface area (Å²) in [4.78, 5) is 23.0. The Balaban J connectivity index is 1.91. The molecular formula is C19H17BrN4O3. The summed E-state index contributed by atoms with van der Waals surface area (Å²) in [7, 11) is 1.58. The topological polar surface area (TPSA) is 90.1 Å². The molecule has 0 aliphatic heterocycles. The summed E-state index contributed by atoms with van der Waals surface area (Å²) in [6.07, 6.45) is 2.18. The molecule has 3 aromatic rings. The van der Waals surface area contributed by atoms with Crippen LogP contribution < -0.4 is 5.32 Å².